The van der Waals surface area contributed by atoms with Crippen LogP contribution < -0.4 is 10.2 Å². The van der Waals surface area contributed by atoms with Crippen molar-refractivity contribution in [3.05, 3.63) is 11.1 Å². The van der Waals surface area contributed by atoms with Gasteiger partial charge in [0.05, 0.1) is 12.3 Å². The molecule has 0 spiro atoms. The average molecular weight is 313 g/mol. The van der Waals surface area contributed by atoms with E-state index in [0.29, 0.717) is 31.7 Å². The van der Waals surface area contributed by atoms with Gasteiger partial charge in [0.1, 0.15) is 0 Å². The SMILES string of the molecule is CCOCC(NCc1csc(N(CC)C(C)=O)n1)C(C)C. The minimum atomic E-state index is 0.0303. The lowest BCUT2D eigenvalue weighted by molar-refractivity contribution is -0.116. The molecule has 0 bridgehead atoms. The number of carbonyl (C=O) groups is 1. The van der Waals surface area contributed by atoms with Gasteiger partial charge in [0.2, 0.25) is 5.91 Å². The summed E-state index contributed by atoms with van der Waals surface area (Å²) >= 11 is 1.51. The number of hydrogen-bond donors (Lipinski definition) is 1. The van der Waals surface area contributed by atoms with Crippen LogP contribution in [0.4, 0.5) is 5.13 Å². The number of nitrogens with zero attached hydrogens (tertiary/aromatic N) is 2. The number of thiazole rings is 1. The molecule has 1 amide bonds. The third-order valence-corrected chi connectivity index (χ3v) is 4.23. The van der Waals surface area contributed by atoms with Gasteiger partial charge >= 0.3 is 0 Å². The number of amides is 1. The highest BCUT2D eigenvalue weighted by molar-refractivity contribution is 7.14. The summed E-state index contributed by atoms with van der Waals surface area (Å²) in [6.45, 7) is 12.7. The second-order valence-electron chi connectivity index (χ2n) is 5.28. The molecule has 5 nitrogen and oxygen atoms in total. The molecule has 1 aromatic rings. The lowest BCUT2D eigenvalue weighted by atomic mass is 10.1. The molecule has 1 N–H and O–H groups in total. The van der Waals surface area contributed by atoms with E-state index in [0.717, 1.165) is 17.4 Å². The first kappa shape index (κ1) is 18.1. The Kier molecular flexibility index (Phi) is 7.85. The van der Waals surface area contributed by atoms with Crippen LogP contribution in [0.1, 0.15) is 40.3 Å². The average Bonchev–Trinajstić information content (AvgIpc) is 2.87. The maximum absolute atomic E-state index is 11.5. The molecule has 0 aliphatic heterocycles. The molecular weight excluding hydrogens is 286 g/mol. The second kappa shape index (κ2) is 9.12. The first-order chi connectivity index (χ1) is 9.99. The van der Waals surface area contributed by atoms with E-state index in [1.54, 1.807) is 11.8 Å². The van der Waals surface area contributed by atoms with Crippen LogP contribution in [0.2, 0.25) is 0 Å². The quantitative estimate of drug-likeness (QED) is 0.761. The predicted octanol–water partition coefficient (Wildman–Crippen LogP) is 2.67. The monoisotopic (exact) mass is 313 g/mol. The van der Waals surface area contributed by atoms with Crippen LogP contribution >= 0.6 is 11.3 Å². The van der Waals surface area contributed by atoms with Crippen molar-refractivity contribution in [3.8, 4) is 0 Å². The van der Waals surface area contributed by atoms with E-state index < -0.39 is 0 Å². The van der Waals surface area contributed by atoms with Crippen molar-refractivity contribution >= 4 is 22.4 Å². The molecule has 0 fully saturated rings. The zero-order valence-electron chi connectivity index (χ0n) is 13.7. The first-order valence-corrected chi connectivity index (χ1v) is 8.41. The zero-order chi connectivity index (χ0) is 15.8. The maximum atomic E-state index is 11.5. The van der Waals surface area contributed by atoms with Crippen LogP contribution in [0.5, 0.6) is 0 Å². The van der Waals surface area contributed by atoms with Gasteiger partial charge in [-0.25, -0.2) is 4.98 Å². The van der Waals surface area contributed by atoms with Gasteiger partial charge in [-0.2, -0.15) is 0 Å². The maximum Gasteiger partial charge on any atom is 0.225 e. The first-order valence-electron chi connectivity index (χ1n) is 7.53. The van der Waals surface area contributed by atoms with Crippen LogP contribution in [0.15, 0.2) is 5.38 Å². The number of aromatic nitrogens is 1. The molecule has 6 heteroatoms. The third kappa shape index (κ3) is 5.73. The standard InChI is InChI=1S/C15H27N3O2S/c1-6-18(12(5)19)15-17-13(10-21-15)8-16-14(11(3)4)9-20-7-2/h10-11,14,16H,6-9H2,1-5H3. The van der Waals surface area contributed by atoms with E-state index in [4.69, 9.17) is 4.74 Å². The summed E-state index contributed by atoms with van der Waals surface area (Å²) in [6, 6.07) is 0.310. The van der Waals surface area contributed by atoms with Crippen molar-refractivity contribution in [1.82, 2.24) is 10.3 Å². The van der Waals surface area contributed by atoms with E-state index in [-0.39, 0.29) is 5.91 Å². The number of ether oxygens (including phenoxy) is 1. The molecule has 1 heterocycles. The lowest BCUT2D eigenvalue weighted by Crippen LogP contribution is -2.37. The molecule has 1 atom stereocenters. The Hall–Kier alpha value is -0.980. The highest BCUT2D eigenvalue weighted by Crippen LogP contribution is 2.20. The summed E-state index contributed by atoms with van der Waals surface area (Å²) in [6.07, 6.45) is 0. The Morgan fingerprint density at radius 2 is 2.19 bits per heavy atom. The minimum Gasteiger partial charge on any atom is -0.380 e. The Morgan fingerprint density at radius 3 is 2.71 bits per heavy atom. The zero-order valence-corrected chi connectivity index (χ0v) is 14.5. The van der Waals surface area contributed by atoms with Gasteiger partial charge in [-0.1, -0.05) is 13.8 Å². The van der Waals surface area contributed by atoms with Crippen molar-refractivity contribution < 1.29 is 9.53 Å². The summed E-state index contributed by atoms with van der Waals surface area (Å²) in [7, 11) is 0. The molecule has 0 aliphatic carbocycles. The molecule has 1 aromatic heterocycles. The molecule has 0 aliphatic rings. The van der Waals surface area contributed by atoms with Gasteiger partial charge in [-0.15, -0.1) is 11.3 Å². The molecule has 0 radical (unpaired) electrons. The molecule has 0 aromatic carbocycles. The van der Waals surface area contributed by atoms with E-state index >= 15 is 0 Å². The summed E-state index contributed by atoms with van der Waals surface area (Å²) in [5.74, 6) is 0.529. The number of anilines is 1. The Bertz CT molecular complexity index is 434. The van der Waals surface area contributed by atoms with Crippen molar-refractivity contribution in [2.24, 2.45) is 5.92 Å². The lowest BCUT2D eigenvalue weighted by Gasteiger charge is -2.21. The van der Waals surface area contributed by atoms with E-state index in [2.05, 4.69) is 24.1 Å². The van der Waals surface area contributed by atoms with E-state index in [1.165, 1.54) is 11.3 Å². The number of nitrogens with one attached hydrogen (secondary N) is 1. The largest absolute Gasteiger partial charge is 0.380 e. The summed E-state index contributed by atoms with van der Waals surface area (Å²) in [5, 5.41) is 6.26. The van der Waals surface area contributed by atoms with E-state index in [9.17, 15) is 4.79 Å². The highest BCUT2D eigenvalue weighted by Gasteiger charge is 2.16. The minimum absolute atomic E-state index is 0.0303. The third-order valence-electron chi connectivity index (χ3n) is 3.32. The molecule has 0 saturated heterocycles. The fourth-order valence-electron chi connectivity index (χ4n) is 1.96. The Balaban J connectivity index is 2.59. The summed E-state index contributed by atoms with van der Waals surface area (Å²) < 4.78 is 5.50. The smallest absolute Gasteiger partial charge is 0.225 e. The second-order valence-corrected chi connectivity index (χ2v) is 6.11. The predicted molar refractivity (Wildman–Crippen MR) is 87.8 cm³/mol. The van der Waals surface area contributed by atoms with Crippen molar-refractivity contribution in [3.63, 3.8) is 0 Å². The van der Waals surface area contributed by atoms with Gasteiger partial charge < -0.3 is 10.1 Å². The Labute approximate surface area is 131 Å². The van der Waals surface area contributed by atoms with Crippen molar-refractivity contribution in [2.45, 2.75) is 47.2 Å². The molecule has 120 valence electrons. The van der Waals surface area contributed by atoms with Gasteiger partial charge in [-0.05, 0) is 19.8 Å². The van der Waals surface area contributed by atoms with Gasteiger partial charge in [0.25, 0.3) is 0 Å². The number of rotatable bonds is 9. The van der Waals surface area contributed by atoms with Crippen LogP contribution in [0, 0.1) is 5.92 Å². The van der Waals surface area contributed by atoms with Crippen LogP contribution in [-0.4, -0.2) is 36.7 Å². The molecule has 1 rings (SSSR count). The fourth-order valence-corrected chi connectivity index (χ4v) is 2.89. The topological polar surface area (TPSA) is 54.5 Å². The van der Waals surface area contributed by atoms with Crippen molar-refractivity contribution in [1.29, 1.82) is 0 Å². The van der Waals surface area contributed by atoms with Gasteiger partial charge in [0, 0.05) is 38.0 Å². The summed E-state index contributed by atoms with van der Waals surface area (Å²) in [5.41, 5.74) is 0.969. The number of hydrogen-bond acceptors (Lipinski definition) is 5. The van der Waals surface area contributed by atoms with Gasteiger partial charge in [0.15, 0.2) is 5.13 Å². The van der Waals surface area contributed by atoms with Crippen LogP contribution in [-0.2, 0) is 16.1 Å². The summed E-state index contributed by atoms with van der Waals surface area (Å²) in [4.78, 5) is 17.7. The molecule has 1 unspecified atom stereocenters. The van der Waals surface area contributed by atoms with Gasteiger partial charge in [-0.3, -0.25) is 9.69 Å². The van der Waals surface area contributed by atoms with Crippen molar-refractivity contribution in [2.75, 3.05) is 24.7 Å². The Morgan fingerprint density at radius 1 is 1.48 bits per heavy atom. The van der Waals surface area contributed by atoms with Crippen LogP contribution in [0.3, 0.4) is 0 Å². The van der Waals surface area contributed by atoms with E-state index in [1.807, 2.05) is 19.2 Å². The molecular formula is C15H27N3O2S. The molecule has 21 heavy (non-hydrogen) atoms. The highest BCUT2D eigenvalue weighted by atomic mass is 32.1. The van der Waals surface area contributed by atoms with Crippen LogP contribution in [0.25, 0.3) is 0 Å². The molecule has 0 saturated carbocycles. The normalized spacial score (nSPS) is 12.7. The fraction of sp³-hybridized carbons (Fsp3) is 0.733. The number of carbonyl (C=O) groups excluding carboxylic acids is 1.